The fourth-order valence-corrected chi connectivity index (χ4v) is 4.46. The fourth-order valence-electron chi connectivity index (χ4n) is 2.68. The van der Waals surface area contributed by atoms with Crippen molar-refractivity contribution in [2.45, 2.75) is 32.1 Å². The monoisotopic (exact) mass is 387 g/mol. The molecule has 1 amide bonds. The van der Waals surface area contributed by atoms with Crippen molar-refractivity contribution >= 4 is 39.2 Å². The molecule has 3 aromatic rings. The molecule has 0 bridgehead atoms. The number of amides is 1. The first-order chi connectivity index (χ1) is 12.5. The van der Waals surface area contributed by atoms with Crippen molar-refractivity contribution in [1.29, 1.82) is 0 Å². The first kappa shape index (κ1) is 18.7. The molecule has 7 heteroatoms. The molecule has 1 aromatic carbocycles. The van der Waals surface area contributed by atoms with Crippen LogP contribution in [0.1, 0.15) is 18.1 Å². The van der Waals surface area contributed by atoms with Crippen LogP contribution in [0.3, 0.4) is 0 Å². The van der Waals surface area contributed by atoms with Crippen LogP contribution in [0.4, 0.5) is 0 Å². The highest BCUT2D eigenvalue weighted by Gasteiger charge is 2.15. The SMILES string of the molecule is CCn1c(SCC(=O)N(C)Cc2ccccc2C)nc2ccsc2c1=O. The van der Waals surface area contributed by atoms with Gasteiger partial charge in [-0.3, -0.25) is 14.2 Å². The van der Waals surface area contributed by atoms with E-state index in [9.17, 15) is 9.59 Å². The number of benzene rings is 1. The summed E-state index contributed by atoms with van der Waals surface area (Å²) in [4.78, 5) is 31.3. The van der Waals surface area contributed by atoms with Crippen molar-refractivity contribution in [2.24, 2.45) is 0 Å². The summed E-state index contributed by atoms with van der Waals surface area (Å²) < 4.78 is 2.30. The summed E-state index contributed by atoms with van der Waals surface area (Å²) in [5, 5.41) is 2.47. The van der Waals surface area contributed by atoms with Crippen LogP contribution in [0.5, 0.6) is 0 Å². The molecule has 0 spiro atoms. The van der Waals surface area contributed by atoms with Gasteiger partial charge in [-0.05, 0) is 36.4 Å². The second-order valence-electron chi connectivity index (χ2n) is 6.04. The summed E-state index contributed by atoms with van der Waals surface area (Å²) in [6, 6.07) is 9.90. The fraction of sp³-hybridized carbons (Fsp3) is 0.316. The van der Waals surface area contributed by atoms with Crippen LogP contribution >= 0.6 is 23.1 Å². The number of carbonyl (C=O) groups excluding carboxylic acids is 1. The van der Waals surface area contributed by atoms with Gasteiger partial charge in [0, 0.05) is 20.1 Å². The van der Waals surface area contributed by atoms with Gasteiger partial charge in [0.05, 0.1) is 11.3 Å². The van der Waals surface area contributed by atoms with Crippen molar-refractivity contribution in [3.05, 3.63) is 57.2 Å². The van der Waals surface area contributed by atoms with Gasteiger partial charge in [-0.15, -0.1) is 11.3 Å². The molecule has 5 nitrogen and oxygen atoms in total. The number of aryl methyl sites for hydroxylation is 1. The van der Waals surface area contributed by atoms with Gasteiger partial charge in [-0.25, -0.2) is 4.98 Å². The molecule has 0 fully saturated rings. The molecule has 0 unspecified atom stereocenters. The van der Waals surface area contributed by atoms with E-state index < -0.39 is 0 Å². The average molecular weight is 388 g/mol. The maximum absolute atomic E-state index is 12.5. The molecule has 136 valence electrons. The molecule has 0 saturated heterocycles. The van der Waals surface area contributed by atoms with Gasteiger partial charge in [0.2, 0.25) is 5.91 Å². The molecule has 0 saturated carbocycles. The Morgan fingerprint density at radius 1 is 1.31 bits per heavy atom. The zero-order valence-electron chi connectivity index (χ0n) is 15.1. The second-order valence-corrected chi connectivity index (χ2v) is 7.90. The molecule has 0 aliphatic carbocycles. The average Bonchev–Trinajstić information content (AvgIpc) is 3.10. The third kappa shape index (κ3) is 3.83. The third-order valence-electron chi connectivity index (χ3n) is 4.27. The predicted molar refractivity (Wildman–Crippen MR) is 108 cm³/mol. The largest absolute Gasteiger partial charge is 0.341 e. The predicted octanol–water partition coefficient (Wildman–Crippen LogP) is 3.54. The van der Waals surface area contributed by atoms with Gasteiger partial charge in [0.15, 0.2) is 5.16 Å². The third-order valence-corrected chi connectivity index (χ3v) is 6.12. The van der Waals surface area contributed by atoms with Crippen molar-refractivity contribution in [2.75, 3.05) is 12.8 Å². The zero-order chi connectivity index (χ0) is 18.7. The Morgan fingerprint density at radius 2 is 2.08 bits per heavy atom. The van der Waals surface area contributed by atoms with E-state index in [1.54, 1.807) is 16.5 Å². The molecule has 0 aliphatic rings. The van der Waals surface area contributed by atoms with Crippen molar-refractivity contribution in [1.82, 2.24) is 14.5 Å². The normalized spacial score (nSPS) is 11.0. The maximum atomic E-state index is 12.5. The molecule has 3 rings (SSSR count). The van der Waals surface area contributed by atoms with Crippen molar-refractivity contribution in [3.63, 3.8) is 0 Å². The van der Waals surface area contributed by atoms with Gasteiger partial charge < -0.3 is 4.90 Å². The summed E-state index contributed by atoms with van der Waals surface area (Å²) in [7, 11) is 1.80. The first-order valence-electron chi connectivity index (χ1n) is 8.40. The molecule has 2 aromatic heterocycles. The van der Waals surface area contributed by atoms with E-state index in [1.165, 1.54) is 28.7 Å². The Labute approximate surface area is 160 Å². The topological polar surface area (TPSA) is 55.2 Å². The van der Waals surface area contributed by atoms with E-state index in [0.29, 0.717) is 28.5 Å². The number of hydrogen-bond acceptors (Lipinski definition) is 5. The van der Waals surface area contributed by atoms with Gasteiger partial charge in [0.1, 0.15) is 4.70 Å². The first-order valence-corrected chi connectivity index (χ1v) is 10.3. The van der Waals surface area contributed by atoms with Crippen LogP contribution in [-0.2, 0) is 17.9 Å². The van der Waals surface area contributed by atoms with Crippen molar-refractivity contribution < 1.29 is 4.79 Å². The Hall–Kier alpha value is -2.12. The molecule has 0 N–H and O–H groups in total. The highest BCUT2D eigenvalue weighted by atomic mass is 32.2. The Bertz CT molecular complexity index is 994. The van der Waals surface area contributed by atoms with Gasteiger partial charge in [-0.1, -0.05) is 36.0 Å². The van der Waals surface area contributed by atoms with Crippen LogP contribution < -0.4 is 5.56 Å². The Kier molecular flexibility index (Phi) is 5.78. The van der Waals surface area contributed by atoms with Crippen LogP contribution in [0.25, 0.3) is 10.2 Å². The Balaban J connectivity index is 1.72. The molecule has 0 radical (unpaired) electrons. The van der Waals surface area contributed by atoms with Crippen LogP contribution in [-0.4, -0.2) is 33.2 Å². The van der Waals surface area contributed by atoms with E-state index >= 15 is 0 Å². The molecular formula is C19H21N3O2S2. The highest BCUT2D eigenvalue weighted by Crippen LogP contribution is 2.21. The highest BCUT2D eigenvalue weighted by molar-refractivity contribution is 7.99. The quantitative estimate of drug-likeness (QED) is 0.480. The van der Waals surface area contributed by atoms with Crippen molar-refractivity contribution in [3.8, 4) is 0 Å². The summed E-state index contributed by atoms with van der Waals surface area (Å²) in [5.74, 6) is 0.269. The van der Waals surface area contributed by atoms with E-state index in [0.717, 1.165) is 5.56 Å². The number of carbonyl (C=O) groups is 1. The lowest BCUT2D eigenvalue weighted by Gasteiger charge is -2.18. The lowest BCUT2D eigenvalue weighted by molar-refractivity contribution is -0.127. The number of hydrogen-bond donors (Lipinski definition) is 0. The summed E-state index contributed by atoms with van der Waals surface area (Å²) in [6.45, 7) is 5.07. The minimum atomic E-state index is -0.0317. The minimum Gasteiger partial charge on any atom is -0.341 e. The van der Waals surface area contributed by atoms with Gasteiger partial charge in [0.25, 0.3) is 5.56 Å². The molecule has 26 heavy (non-hydrogen) atoms. The maximum Gasteiger partial charge on any atom is 0.272 e. The van der Waals surface area contributed by atoms with Crippen LogP contribution in [0, 0.1) is 6.92 Å². The summed E-state index contributed by atoms with van der Waals surface area (Å²) >= 11 is 2.72. The lowest BCUT2D eigenvalue weighted by atomic mass is 10.1. The van der Waals surface area contributed by atoms with Crippen LogP contribution in [0.15, 0.2) is 45.7 Å². The van der Waals surface area contributed by atoms with E-state index in [-0.39, 0.29) is 17.2 Å². The molecule has 0 atom stereocenters. The number of nitrogens with zero attached hydrogens (tertiary/aromatic N) is 3. The number of thioether (sulfide) groups is 1. The van der Waals surface area contributed by atoms with Gasteiger partial charge >= 0.3 is 0 Å². The van der Waals surface area contributed by atoms with Gasteiger partial charge in [-0.2, -0.15) is 0 Å². The number of fused-ring (bicyclic) bond motifs is 1. The van der Waals surface area contributed by atoms with Crippen LogP contribution in [0.2, 0.25) is 0 Å². The van der Waals surface area contributed by atoms with E-state index in [1.807, 2.05) is 49.6 Å². The standard InChI is InChI=1S/C19H21N3O2S2/c1-4-22-18(24)17-15(9-10-25-17)20-19(22)26-12-16(23)21(3)11-14-8-6-5-7-13(14)2/h5-10H,4,11-12H2,1-3H3. The smallest absolute Gasteiger partial charge is 0.272 e. The summed E-state index contributed by atoms with van der Waals surface area (Å²) in [6.07, 6.45) is 0. The lowest BCUT2D eigenvalue weighted by Crippen LogP contribution is -2.29. The number of aromatic nitrogens is 2. The summed E-state index contributed by atoms with van der Waals surface area (Å²) in [5.41, 5.74) is 2.98. The molecular weight excluding hydrogens is 366 g/mol. The number of rotatable bonds is 6. The second kappa shape index (κ2) is 8.05. The Morgan fingerprint density at radius 3 is 2.81 bits per heavy atom. The number of thiophene rings is 1. The molecule has 0 aliphatic heterocycles. The molecule has 2 heterocycles. The van der Waals surface area contributed by atoms with E-state index in [2.05, 4.69) is 4.98 Å². The van der Waals surface area contributed by atoms with E-state index in [4.69, 9.17) is 0 Å². The zero-order valence-corrected chi connectivity index (χ0v) is 16.7. The minimum absolute atomic E-state index is 0.0144.